The van der Waals surface area contributed by atoms with Crippen LogP contribution in [-0.2, 0) is 25.9 Å². The van der Waals surface area contributed by atoms with Crippen molar-refractivity contribution in [3.8, 4) is 0 Å². The lowest BCUT2D eigenvalue weighted by molar-refractivity contribution is 0.243. The van der Waals surface area contributed by atoms with Gasteiger partial charge in [-0.05, 0) is 122 Å². The van der Waals surface area contributed by atoms with E-state index in [1.165, 1.54) is 58.3 Å². The van der Waals surface area contributed by atoms with Crippen molar-refractivity contribution in [2.45, 2.75) is 146 Å². The fraction of sp³-hybridized carbons (Fsp3) is 0.619. The van der Waals surface area contributed by atoms with E-state index in [-0.39, 0.29) is 11.7 Å². The highest BCUT2D eigenvalue weighted by Crippen LogP contribution is 2.34. The number of halogens is 3. The van der Waals surface area contributed by atoms with Crippen molar-refractivity contribution >= 4 is 23.2 Å². The molecule has 47 heavy (non-hydrogen) atoms. The van der Waals surface area contributed by atoms with Crippen LogP contribution in [0.1, 0.15) is 148 Å². The summed E-state index contributed by atoms with van der Waals surface area (Å²) >= 11 is 12.4. The number of hydrogen-bond donors (Lipinski definition) is 0. The Kier molecular flexibility index (Phi) is 17.8. The third-order valence-electron chi connectivity index (χ3n) is 9.70. The molecule has 2 nitrogen and oxygen atoms in total. The second kappa shape index (κ2) is 20.1. The first-order valence-electron chi connectivity index (χ1n) is 18.4. The van der Waals surface area contributed by atoms with Crippen LogP contribution in [0.4, 0.5) is 4.39 Å². The second-order valence-corrected chi connectivity index (χ2v) is 15.0. The van der Waals surface area contributed by atoms with E-state index in [2.05, 4.69) is 103 Å². The van der Waals surface area contributed by atoms with Gasteiger partial charge in [-0.1, -0.05) is 116 Å². The zero-order chi connectivity index (χ0) is 35.4. The molecule has 0 N–H and O–H groups in total. The first kappa shape index (κ1) is 41.5. The molecule has 0 bridgehead atoms. The Morgan fingerprint density at radius 3 is 1.91 bits per heavy atom. The van der Waals surface area contributed by atoms with Crippen molar-refractivity contribution in [3.05, 3.63) is 90.7 Å². The average Bonchev–Trinajstić information content (AvgIpc) is 3.90. The van der Waals surface area contributed by atoms with E-state index in [0.29, 0.717) is 11.8 Å². The van der Waals surface area contributed by atoms with Crippen LogP contribution >= 0.6 is 23.2 Å². The third kappa shape index (κ3) is 12.6. The fourth-order valence-electron chi connectivity index (χ4n) is 5.89. The molecule has 0 radical (unpaired) electrons. The predicted molar refractivity (Wildman–Crippen MR) is 207 cm³/mol. The molecule has 1 saturated carbocycles. The zero-order valence-corrected chi connectivity index (χ0v) is 33.3. The highest BCUT2D eigenvalue weighted by atomic mass is 35.5. The van der Waals surface area contributed by atoms with Crippen LogP contribution in [0.2, 0.25) is 5.02 Å². The highest BCUT2D eigenvalue weighted by Gasteiger charge is 2.31. The summed E-state index contributed by atoms with van der Waals surface area (Å²) in [5, 5.41) is 1.85. The molecule has 5 rings (SSSR count). The van der Waals surface area contributed by atoms with E-state index in [1.54, 1.807) is 6.07 Å². The Bertz CT molecular complexity index is 1340. The molecule has 5 heteroatoms. The minimum absolute atomic E-state index is 0.0172. The minimum Gasteiger partial charge on any atom is -0.299 e. The van der Waals surface area contributed by atoms with Gasteiger partial charge in [0.15, 0.2) is 0 Å². The van der Waals surface area contributed by atoms with E-state index in [0.717, 1.165) is 67.1 Å². The molecule has 3 aliphatic rings. The molecule has 0 unspecified atom stereocenters. The van der Waals surface area contributed by atoms with Crippen molar-refractivity contribution in [1.82, 2.24) is 9.80 Å². The van der Waals surface area contributed by atoms with E-state index >= 15 is 0 Å². The number of rotatable bonds is 7. The van der Waals surface area contributed by atoms with Crippen LogP contribution in [0, 0.1) is 11.7 Å². The Morgan fingerprint density at radius 2 is 1.38 bits per heavy atom. The van der Waals surface area contributed by atoms with Gasteiger partial charge in [-0.15, -0.1) is 0 Å². The SMILES string of the molecule is CC.CC(C)c1cc2c(cc1F)CN(C1CC1)CC2.CC/C(C)=C/C(Cl)=C(\C)C(C)C.CCN1CCc2cc(Cl)c(C(C)C)cc2C1. The van der Waals surface area contributed by atoms with Gasteiger partial charge in [0.1, 0.15) is 5.82 Å². The number of fused-ring (bicyclic) bond motifs is 2. The molecule has 2 aliphatic heterocycles. The second-order valence-electron chi connectivity index (χ2n) is 14.2. The van der Waals surface area contributed by atoms with Crippen LogP contribution in [-0.4, -0.2) is 35.5 Å². The predicted octanol–water partition coefficient (Wildman–Crippen LogP) is 12.8. The number of allylic oxidation sites excluding steroid dienone is 4. The van der Waals surface area contributed by atoms with Crippen molar-refractivity contribution < 1.29 is 4.39 Å². The lowest BCUT2D eigenvalue weighted by atomic mass is 9.92. The average molecular weight is 688 g/mol. The monoisotopic (exact) mass is 686 g/mol. The van der Waals surface area contributed by atoms with Gasteiger partial charge in [0.2, 0.25) is 0 Å². The summed E-state index contributed by atoms with van der Waals surface area (Å²) in [7, 11) is 0. The summed E-state index contributed by atoms with van der Waals surface area (Å²) in [6.45, 7) is 30.9. The zero-order valence-electron chi connectivity index (χ0n) is 31.8. The first-order valence-corrected chi connectivity index (χ1v) is 19.1. The van der Waals surface area contributed by atoms with Gasteiger partial charge >= 0.3 is 0 Å². The minimum atomic E-state index is -0.0172. The third-order valence-corrected chi connectivity index (χ3v) is 10.4. The Balaban J connectivity index is 0.000000243. The van der Waals surface area contributed by atoms with E-state index < -0.39 is 0 Å². The van der Waals surface area contributed by atoms with Gasteiger partial charge in [-0.25, -0.2) is 4.39 Å². The lowest BCUT2D eigenvalue weighted by Gasteiger charge is -2.29. The number of benzene rings is 2. The summed E-state index contributed by atoms with van der Waals surface area (Å²) in [6.07, 6.45) is 8.04. The normalized spacial score (nSPS) is 17.1. The van der Waals surface area contributed by atoms with Crippen LogP contribution in [0.5, 0.6) is 0 Å². The molecule has 0 aromatic heterocycles. The molecule has 0 spiro atoms. The highest BCUT2D eigenvalue weighted by molar-refractivity contribution is 6.31. The molecular weight excluding hydrogens is 622 g/mol. The van der Waals surface area contributed by atoms with Gasteiger partial charge < -0.3 is 0 Å². The Morgan fingerprint density at radius 1 is 0.830 bits per heavy atom. The molecule has 264 valence electrons. The van der Waals surface area contributed by atoms with Gasteiger partial charge in [0.05, 0.1) is 0 Å². The van der Waals surface area contributed by atoms with Gasteiger partial charge in [-0.2, -0.15) is 0 Å². The van der Waals surface area contributed by atoms with Gasteiger partial charge in [0, 0.05) is 42.3 Å². The van der Waals surface area contributed by atoms with Crippen molar-refractivity contribution in [1.29, 1.82) is 0 Å². The molecule has 2 aromatic rings. The topological polar surface area (TPSA) is 6.48 Å². The van der Waals surface area contributed by atoms with Gasteiger partial charge in [-0.3, -0.25) is 9.80 Å². The number of likely N-dealkylation sites (N-methyl/N-ethyl adjacent to an activating group) is 1. The van der Waals surface area contributed by atoms with Crippen molar-refractivity contribution in [2.75, 3.05) is 19.6 Å². The molecule has 2 aromatic carbocycles. The van der Waals surface area contributed by atoms with Crippen molar-refractivity contribution in [3.63, 3.8) is 0 Å². The molecular formula is C42H65Cl2FN2. The quantitative estimate of drug-likeness (QED) is 0.267. The molecule has 1 aliphatic carbocycles. The van der Waals surface area contributed by atoms with Crippen LogP contribution < -0.4 is 0 Å². The number of hydrogen-bond acceptors (Lipinski definition) is 2. The molecule has 0 atom stereocenters. The first-order chi connectivity index (χ1) is 22.2. The summed E-state index contributed by atoms with van der Waals surface area (Å²) < 4.78 is 14.0. The molecule has 0 amide bonds. The lowest BCUT2D eigenvalue weighted by Crippen LogP contribution is -2.32. The van der Waals surface area contributed by atoms with E-state index in [1.807, 2.05) is 13.8 Å². The van der Waals surface area contributed by atoms with Crippen LogP contribution in [0.15, 0.2) is 46.5 Å². The summed E-state index contributed by atoms with van der Waals surface area (Å²) in [4.78, 5) is 5.00. The summed E-state index contributed by atoms with van der Waals surface area (Å²) in [5.74, 6) is 1.31. The van der Waals surface area contributed by atoms with E-state index in [9.17, 15) is 4.39 Å². The maximum atomic E-state index is 14.0. The molecule has 1 fully saturated rings. The largest absolute Gasteiger partial charge is 0.299 e. The van der Waals surface area contributed by atoms with E-state index in [4.69, 9.17) is 23.2 Å². The van der Waals surface area contributed by atoms with Crippen LogP contribution in [0.3, 0.4) is 0 Å². The molecule has 2 heterocycles. The maximum absolute atomic E-state index is 14.0. The Labute approximate surface area is 298 Å². The van der Waals surface area contributed by atoms with Crippen molar-refractivity contribution in [2.24, 2.45) is 5.92 Å². The maximum Gasteiger partial charge on any atom is 0.126 e. The Hall–Kier alpha value is -1.65. The van der Waals surface area contributed by atoms with Crippen LogP contribution in [0.25, 0.3) is 0 Å². The summed E-state index contributed by atoms with van der Waals surface area (Å²) in [6, 6.07) is 9.15. The standard InChI is InChI=1S/C15H20FN.C14H20ClN.C11H19Cl.C2H6/c1-10(2)14-7-11-5-6-17(13-3-4-13)9-12(11)8-15(14)16;1-4-16-6-5-11-8-14(15)13(10(2)3)7-12(11)9-16;1-6-9(4)7-11(12)10(5)8(2)3;1-2/h7-8,10,13H,3-6,9H2,1-2H3;7-8,10H,4-6,9H2,1-3H3;7-8H,6H2,1-5H3;1-2H3/b;;9-7+,11-10-;. The molecule has 0 saturated heterocycles. The fourth-order valence-corrected chi connectivity index (χ4v) is 6.70. The smallest absolute Gasteiger partial charge is 0.126 e. The van der Waals surface area contributed by atoms with Gasteiger partial charge in [0.25, 0.3) is 0 Å². The number of nitrogens with zero attached hydrogens (tertiary/aromatic N) is 2. The summed E-state index contributed by atoms with van der Waals surface area (Å²) in [5.41, 5.74) is 10.3.